The molecule has 4 rings (SSSR count). The van der Waals surface area contributed by atoms with Gasteiger partial charge in [0.05, 0.1) is 24.0 Å². The number of piperidine rings is 1. The fourth-order valence-electron chi connectivity index (χ4n) is 4.63. The Balaban J connectivity index is 1.47. The monoisotopic (exact) mass is 374 g/mol. The molecule has 6 nitrogen and oxygen atoms in total. The summed E-state index contributed by atoms with van der Waals surface area (Å²) >= 11 is 6.14. The Morgan fingerprint density at radius 1 is 1.27 bits per heavy atom. The highest BCUT2D eigenvalue weighted by Gasteiger charge is 2.37. The zero-order valence-corrected chi connectivity index (χ0v) is 15.6. The first-order valence-electron chi connectivity index (χ1n) is 9.49. The summed E-state index contributed by atoms with van der Waals surface area (Å²) in [6.07, 6.45) is 10.9. The van der Waals surface area contributed by atoms with Gasteiger partial charge in [-0.05, 0) is 50.3 Å². The lowest BCUT2D eigenvalue weighted by Gasteiger charge is -2.40. The summed E-state index contributed by atoms with van der Waals surface area (Å²) in [5.74, 6) is 0.840. The number of halogens is 1. The molecule has 7 heteroatoms. The van der Waals surface area contributed by atoms with E-state index in [0.717, 1.165) is 18.2 Å². The van der Waals surface area contributed by atoms with E-state index in [4.69, 9.17) is 11.6 Å². The van der Waals surface area contributed by atoms with Crippen LogP contribution in [0.1, 0.15) is 38.5 Å². The Morgan fingerprint density at radius 2 is 2.12 bits per heavy atom. The summed E-state index contributed by atoms with van der Waals surface area (Å²) in [5, 5.41) is 7.79. The third-order valence-corrected chi connectivity index (χ3v) is 6.03. The Kier molecular flexibility index (Phi) is 5.22. The number of anilines is 1. The number of nitrogens with one attached hydrogen (secondary N) is 2. The summed E-state index contributed by atoms with van der Waals surface area (Å²) in [4.78, 5) is 18.2. The molecule has 138 valence electrons. The minimum absolute atomic E-state index is 0.0369. The molecule has 0 bridgehead atoms. The van der Waals surface area contributed by atoms with E-state index in [2.05, 4.69) is 15.4 Å². The first-order chi connectivity index (χ1) is 12.7. The van der Waals surface area contributed by atoms with Crippen molar-refractivity contribution in [1.29, 1.82) is 0 Å². The third kappa shape index (κ3) is 3.76. The van der Waals surface area contributed by atoms with Gasteiger partial charge in [0.25, 0.3) is 5.91 Å². The van der Waals surface area contributed by atoms with Gasteiger partial charge in [-0.3, -0.25) is 4.79 Å². The van der Waals surface area contributed by atoms with Crippen LogP contribution in [0.15, 0.2) is 30.9 Å². The molecule has 1 aliphatic heterocycles. The molecule has 0 radical (unpaired) electrons. The molecular formula is C19H25ClN5O+. The van der Waals surface area contributed by atoms with E-state index >= 15 is 0 Å². The minimum Gasteiger partial charge on any atom is -0.324 e. The average Bonchev–Trinajstić information content (AvgIpc) is 3.16. The molecule has 1 aliphatic carbocycles. The highest BCUT2D eigenvalue weighted by Crippen LogP contribution is 2.28. The van der Waals surface area contributed by atoms with Crippen molar-refractivity contribution in [1.82, 2.24) is 14.8 Å². The number of carbonyl (C=O) groups excluding carboxylic acids is 1. The van der Waals surface area contributed by atoms with E-state index in [9.17, 15) is 4.79 Å². The average molecular weight is 375 g/mol. The minimum atomic E-state index is 0.0369. The van der Waals surface area contributed by atoms with E-state index in [1.165, 1.54) is 49.8 Å². The van der Waals surface area contributed by atoms with Gasteiger partial charge in [-0.1, -0.05) is 18.0 Å². The number of likely N-dealkylation sites (tertiary alicyclic amines) is 1. The van der Waals surface area contributed by atoms with Crippen LogP contribution in [-0.4, -0.2) is 39.8 Å². The second kappa shape index (κ2) is 7.76. The van der Waals surface area contributed by atoms with Crippen molar-refractivity contribution >= 4 is 23.2 Å². The lowest BCUT2D eigenvalue weighted by atomic mass is 9.78. The lowest BCUT2D eigenvalue weighted by molar-refractivity contribution is -0.928. The van der Waals surface area contributed by atoms with E-state index in [1.54, 1.807) is 23.1 Å². The molecule has 26 heavy (non-hydrogen) atoms. The lowest BCUT2D eigenvalue weighted by Crippen LogP contribution is -3.18. The van der Waals surface area contributed by atoms with Crippen LogP contribution in [-0.2, 0) is 4.79 Å². The summed E-state index contributed by atoms with van der Waals surface area (Å²) in [6, 6.07) is 6.05. The number of carbonyl (C=O) groups is 1. The van der Waals surface area contributed by atoms with E-state index in [1.807, 2.05) is 6.07 Å². The number of quaternary nitrogens is 1. The molecule has 2 aliphatic rings. The molecule has 1 saturated carbocycles. The Morgan fingerprint density at radius 3 is 2.96 bits per heavy atom. The molecule has 3 atom stereocenters. The molecule has 1 amide bonds. The molecule has 1 saturated heterocycles. The fourth-order valence-corrected chi connectivity index (χ4v) is 4.80. The zero-order chi connectivity index (χ0) is 17.9. The number of amides is 1. The number of hydrogen-bond donors (Lipinski definition) is 2. The van der Waals surface area contributed by atoms with Gasteiger partial charge in [-0.25, -0.2) is 9.67 Å². The van der Waals surface area contributed by atoms with Crippen LogP contribution in [0.2, 0.25) is 5.02 Å². The number of hydrogen-bond acceptors (Lipinski definition) is 3. The largest absolute Gasteiger partial charge is 0.324 e. The second-order valence-electron chi connectivity index (χ2n) is 7.43. The molecule has 1 aromatic carbocycles. The molecule has 0 spiro atoms. The summed E-state index contributed by atoms with van der Waals surface area (Å²) in [7, 11) is 0. The Bertz CT molecular complexity index is 761. The van der Waals surface area contributed by atoms with Gasteiger partial charge in [0, 0.05) is 10.9 Å². The van der Waals surface area contributed by atoms with Crippen molar-refractivity contribution < 1.29 is 9.69 Å². The van der Waals surface area contributed by atoms with Crippen LogP contribution >= 0.6 is 11.6 Å². The molecule has 2 heterocycles. The Hall–Kier alpha value is -1.92. The molecular weight excluding hydrogens is 350 g/mol. The van der Waals surface area contributed by atoms with Gasteiger partial charge in [0.1, 0.15) is 12.7 Å². The standard InChI is InChI=1S/C19H24ClN5O/c20-15-7-8-18(25-13-21-12-22-25)16(10-15)23-19(26)11-24-9-3-5-14-4-1-2-6-17(14)24/h7-8,10,12-14,17H,1-6,9,11H2,(H,23,26)/p+1/t14-,17-/m0/s1. The molecule has 1 unspecified atom stereocenters. The van der Waals surface area contributed by atoms with Gasteiger partial charge < -0.3 is 10.2 Å². The predicted octanol–water partition coefficient (Wildman–Crippen LogP) is 2.10. The topological polar surface area (TPSA) is 64.2 Å². The van der Waals surface area contributed by atoms with Gasteiger partial charge >= 0.3 is 0 Å². The quantitative estimate of drug-likeness (QED) is 0.861. The van der Waals surface area contributed by atoms with Gasteiger partial charge in [0.2, 0.25) is 0 Å². The highest BCUT2D eigenvalue weighted by molar-refractivity contribution is 6.31. The van der Waals surface area contributed by atoms with E-state index in [0.29, 0.717) is 23.3 Å². The van der Waals surface area contributed by atoms with Crippen LogP contribution < -0.4 is 10.2 Å². The van der Waals surface area contributed by atoms with Crippen LogP contribution in [0, 0.1) is 5.92 Å². The first-order valence-corrected chi connectivity index (χ1v) is 9.87. The predicted molar refractivity (Wildman–Crippen MR) is 101 cm³/mol. The number of nitrogens with zero attached hydrogens (tertiary/aromatic N) is 3. The molecule has 1 aromatic heterocycles. The molecule has 2 fully saturated rings. The normalized spacial score (nSPS) is 25.5. The number of benzene rings is 1. The fraction of sp³-hybridized carbons (Fsp3) is 0.526. The zero-order valence-electron chi connectivity index (χ0n) is 14.8. The van der Waals surface area contributed by atoms with Crippen molar-refractivity contribution in [2.24, 2.45) is 5.92 Å². The SMILES string of the molecule is O=C(C[NH+]1CCC[C@@H]2CCCC[C@@H]21)Nc1cc(Cl)ccc1-n1cncn1. The summed E-state index contributed by atoms with van der Waals surface area (Å²) in [5.41, 5.74) is 1.44. The van der Waals surface area contributed by atoms with E-state index < -0.39 is 0 Å². The summed E-state index contributed by atoms with van der Waals surface area (Å²) < 4.78 is 1.64. The molecule has 2 N–H and O–H groups in total. The maximum atomic E-state index is 12.8. The third-order valence-electron chi connectivity index (χ3n) is 5.79. The van der Waals surface area contributed by atoms with Crippen LogP contribution in [0.3, 0.4) is 0 Å². The van der Waals surface area contributed by atoms with E-state index in [-0.39, 0.29) is 5.91 Å². The van der Waals surface area contributed by atoms with Gasteiger partial charge in [0.15, 0.2) is 6.54 Å². The molecule has 2 aromatic rings. The maximum absolute atomic E-state index is 12.8. The van der Waals surface area contributed by atoms with Crippen molar-refractivity contribution in [2.75, 3.05) is 18.4 Å². The Labute approximate surface area is 158 Å². The van der Waals surface area contributed by atoms with Crippen molar-refractivity contribution in [3.05, 3.63) is 35.9 Å². The number of rotatable bonds is 4. The number of fused-ring (bicyclic) bond motifs is 1. The maximum Gasteiger partial charge on any atom is 0.279 e. The van der Waals surface area contributed by atoms with Crippen molar-refractivity contribution in [3.63, 3.8) is 0 Å². The summed E-state index contributed by atoms with van der Waals surface area (Å²) in [6.45, 7) is 1.62. The van der Waals surface area contributed by atoms with Gasteiger partial charge in [-0.2, -0.15) is 5.10 Å². The smallest absolute Gasteiger partial charge is 0.279 e. The van der Waals surface area contributed by atoms with Gasteiger partial charge in [-0.15, -0.1) is 0 Å². The van der Waals surface area contributed by atoms with Crippen LogP contribution in [0.25, 0.3) is 5.69 Å². The highest BCUT2D eigenvalue weighted by atomic mass is 35.5. The first kappa shape index (κ1) is 17.5. The second-order valence-corrected chi connectivity index (χ2v) is 7.86. The van der Waals surface area contributed by atoms with Crippen molar-refractivity contribution in [2.45, 2.75) is 44.6 Å². The number of aromatic nitrogens is 3. The van der Waals surface area contributed by atoms with Crippen molar-refractivity contribution in [3.8, 4) is 5.69 Å². The van der Waals surface area contributed by atoms with Crippen LogP contribution in [0.5, 0.6) is 0 Å². The van der Waals surface area contributed by atoms with Crippen LogP contribution in [0.4, 0.5) is 5.69 Å².